The van der Waals surface area contributed by atoms with Crippen LogP contribution in [0.3, 0.4) is 0 Å². The summed E-state index contributed by atoms with van der Waals surface area (Å²) in [6, 6.07) is 15.2. The summed E-state index contributed by atoms with van der Waals surface area (Å²) in [4.78, 5) is 36.4. The van der Waals surface area contributed by atoms with Crippen molar-refractivity contribution in [1.82, 2.24) is 24.9 Å². The molecule has 0 N–H and O–H groups in total. The molecule has 3 aromatic heterocycles. The smallest absolute Gasteiger partial charge is 0.181 e. The number of hydrogen-bond donors (Lipinski definition) is 0. The molecule has 0 saturated heterocycles. The zero-order valence-corrected chi connectivity index (χ0v) is 23.8. The number of methoxy groups -OCH3 is 2. The first kappa shape index (κ1) is 28.7. The topological polar surface area (TPSA) is 120 Å². The number of aromatic nitrogens is 5. The van der Waals surface area contributed by atoms with Crippen LogP contribution >= 0.6 is 0 Å². The maximum Gasteiger partial charge on any atom is 0.181 e. The minimum Gasteiger partial charge on any atom is -0.496 e. The maximum absolute atomic E-state index is 11.0. The van der Waals surface area contributed by atoms with E-state index in [2.05, 4.69) is 24.9 Å². The number of oxazole rings is 1. The van der Waals surface area contributed by atoms with Crippen LogP contribution in [0.4, 0.5) is 11.6 Å². The van der Waals surface area contributed by atoms with E-state index in [4.69, 9.17) is 13.9 Å². The fraction of sp³-hybridized carbons (Fsp3) is 0.200. The Balaban J connectivity index is 0.000000191. The third-order valence-corrected chi connectivity index (χ3v) is 5.93. The lowest BCUT2D eigenvalue weighted by molar-refractivity contribution is 0.112. The van der Waals surface area contributed by atoms with E-state index >= 15 is 0 Å². The number of anilines is 2. The summed E-state index contributed by atoms with van der Waals surface area (Å²) in [6.45, 7) is 0. The SMILES string of the molecule is COc1ccccc1-c1ncc(-c2cnco2)c(N(C)C)n1.COc1ccccc1-c1ncc(C=O)c(N(C)C)n1. The second kappa shape index (κ2) is 13.2. The Bertz CT molecular complexity index is 1600. The second-order valence-electron chi connectivity index (χ2n) is 9.08. The average molecular weight is 554 g/mol. The minimum atomic E-state index is 0.462. The Hall–Kier alpha value is -5.32. The van der Waals surface area contributed by atoms with Crippen LogP contribution in [0.2, 0.25) is 0 Å². The highest BCUT2D eigenvalue weighted by Crippen LogP contribution is 2.32. The summed E-state index contributed by atoms with van der Waals surface area (Å²) in [7, 11) is 10.8. The zero-order chi connectivity index (χ0) is 29.4. The predicted molar refractivity (Wildman–Crippen MR) is 158 cm³/mol. The Morgan fingerprint density at radius 1 is 0.707 bits per heavy atom. The number of nitrogens with zero attached hydrogens (tertiary/aromatic N) is 7. The van der Waals surface area contributed by atoms with Crippen LogP contribution in [0.15, 0.2) is 77.9 Å². The van der Waals surface area contributed by atoms with Gasteiger partial charge in [0.05, 0.1) is 42.7 Å². The van der Waals surface area contributed by atoms with E-state index in [0.717, 1.165) is 34.5 Å². The van der Waals surface area contributed by atoms with Crippen LogP contribution in [0.1, 0.15) is 10.4 Å². The summed E-state index contributed by atoms with van der Waals surface area (Å²) >= 11 is 0. The Morgan fingerprint density at radius 3 is 1.73 bits per heavy atom. The Kier molecular flexibility index (Phi) is 9.20. The number of rotatable bonds is 8. The van der Waals surface area contributed by atoms with Crippen LogP contribution < -0.4 is 19.3 Å². The lowest BCUT2D eigenvalue weighted by Crippen LogP contribution is -2.14. The van der Waals surface area contributed by atoms with Crippen LogP contribution in [0.5, 0.6) is 11.5 Å². The molecule has 5 aromatic rings. The van der Waals surface area contributed by atoms with Gasteiger partial charge in [-0.25, -0.2) is 24.9 Å². The molecule has 0 spiro atoms. The van der Waals surface area contributed by atoms with Gasteiger partial charge >= 0.3 is 0 Å². The summed E-state index contributed by atoms with van der Waals surface area (Å²) in [5.41, 5.74) is 2.90. The molecule has 0 atom stereocenters. The lowest BCUT2D eigenvalue weighted by atomic mass is 10.1. The monoisotopic (exact) mass is 553 g/mol. The fourth-order valence-electron chi connectivity index (χ4n) is 3.98. The number of hydrogen-bond acceptors (Lipinski definition) is 11. The number of aldehydes is 1. The molecular formula is C30H31N7O4. The Labute approximate surface area is 238 Å². The molecular weight excluding hydrogens is 522 g/mol. The number of benzene rings is 2. The standard InChI is InChI=1S/C16H16N4O2.C14H15N3O2/c1-20(2)16-12(14-9-17-10-22-14)8-18-15(19-16)11-6-4-5-7-13(11)21-3;1-17(2)14-10(9-18)8-15-13(16-14)11-6-4-5-7-12(11)19-3/h4-10H,1-3H3;4-9H,1-3H3. The largest absolute Gasteiger partial charge is 0.496 e. The van der Waals surface area contributed by atoms with Crippen LogP contribution in [0, 0.1) is 0 Å². The van der Waals surface area contributed by atoms with Gasteiger partial charge in [0, 0.05) is 40.6 Å². The molecule has 0 amide bonds. The minimum absolute atomic E-state index is 0.462. The van der Waals surface area contributed by atoms with Crippen molar-refractivity contribution < 1.29 is 18.7 Å². The molecule has 210 valence electrons. The highest BCUT2D eigenvalue weighted by Gasteiger charge is 2.16. The van der Waals surface area contributed by atoms with E-state index in [1.54, 1.807) is 31.5 Å². The van der Waals surface area contributed by atoms with Crippen molar-refractivity contribution >= 4 is 17.9 Å². The van der Waals surface area contributed by atoms with E-state index in [9.17, 15) is 4.79 Å². The molecule has 0 bridgehead atoms. The van der Waals surface area contributed by atoms with E-state index in [1.165, 1.54) is 12.6 Å². The van der Waals surface area contributed by atoms with E-state index < -0.39 is 0 Å². The van der Waals surface area contributed by atoms with Crippen LogP contribution in [-0.4, -0.2) is 73.6 Å². The van der Waals surface area contributed by atoms with Gasteiger partial charge in [-0.3, -0.25) is 4.79 Å². The van der Waals surface area contributed by atoms with Gasteiger partial charge in [0.15, 0.2) is 30.1 Å². The molecule has 0 aliphatic rings. The van der Waals surface area contributed by atoms with E-state index in [-0.39, 0.29) is 0 Å². The van der Waals surface area contributed by atoms with Gasteiger partial charge in [0.25, 0.3) is 0 Å². The first-order valence-corrected chi connectivity index (χ1v) is 12.6. The predicted octanol–water partition coefficient (Wildman–Crippen LogP) is 4.90. The quantitative estimate of drug-likeness (QED) is 0.244. The summed E-state index contributed by atoms with van der Waals surface area (Å²) in [6.07, 6.45) is 7.06. The fourth-order valence-corrected chi connectivity index (χ4v) is 3.98. The van der Waals surface area contributed by atoms with Gasteiger partial charge in [-0.2, -0.15) is 0 Å². The van der Waals surface area contributed by atoms with Gasteiger partial charge in [0.1, 0.15) is 23.1 Å². The van der Waals surface area contributed by atoms with Gasteiger partial charge in [-0.05, 0) is 24.3 Å². The third-order valence-electron chi connectivity index (χ3n) is 5.93. The first-order chi connectivity index (χ1) is 19.9. The van der Waals surface area contributed by atoms with Crippen LogP contribution in [0.25, 0.3) is 34.1 Å². The Morgan fingerprint density at radius 2 is 1.24 bits per heavy atom. The van der Waals surface area contributed by atoms with Crippen molar-refractivity contribution in [3.63, 3.8) is 0 Å². The van der Waals surface area contributed by atoms with Crippen molar-refractivity contribution in [2.75, 3.05) is 52.2 Å². The van der Waals surface area contributed by atoms with Gasteiger partial charge in [0.2, 0.25) is 0 Å². The van der Waals surface area contributed by atoms with Gasteiger partial charge in [-0.1, -0.05) is 24.3 Å². The highest BCUT2D eigenvalue weighted by molar-refractivity contribution is 5.83. The molecule has 0 aliphatic heterocycles. The molecule has 3 heterocycles. The average Bonchev–Trinajstić information content (AvgIpc) is 3.55. The van der Waals surface area contributed by atoms with E-state index in [0.29, 0.717) is 34.5 Å². The molecule has 0 unspecified atom stereocenters. The van der Waals surface area contributed by atoms with Crippen molar-refractivity contribution in [3.8, 4) is 45.6 Å². The molecule has 0 saturated carbocycles. The lowest BCUT2D eigenvalue weighted by Gasteiger charge is -2.16. The van der Waals surface area contributed by atoms with Crippen molar-refractivity contribution in [3.05, 3.63) is 79.1 Å². The molecule has 11 nitrogen and oxygen atoms in total. The summed E-state index contributed by atoms with van der Waals surface area (Å²) in [5.74, 6) is 4.55. The number of carbonyl (C=O) groups is 1. The van der Waals surface area contributed by atoms with Gasteiger partial charge in [-0.15, -0.1) is 0 Å². The van der Waals surface area contributed by atoms with Gasteiger partial charge < -0.3 is 23.7 Å². The second-order valence-corrected chi connectivity index (χ2v) is 9.08. The normalized spacial score (nSPS) is 10.3. The summed E-state index contributed by atoms with van der Waals surface area (Å²) in [5, 5.41) is 0. The summed E-state index contributed by atoms with van der Waals surface area (Å²) < 4.78 is 16.0. The molecule has 0 radical (unpaired) electrons. The number of carbonyl (C=O) groups excluding carboxylic acids is 1. The number of ether oxygens (including phenoxy) is 2. The van der Waals surface area contributed by atoms with Crippen molar-refractivity contribution in [2.45, 2.75) is 0 Å². The zero-order valence-electron chi connectivity index (χ0n) is 23.8. The third kappa shape index (κ3) is 6.47. The van der Waals surface area contributed by atoms with E-state index in [1.807, 2.05) is 81.6 Å². The molecule has 2 aromatic carbocycles. The van der Waals surface area contributed by atoms with Crippen molar-refractivity contribution in [2.24, 2.45) is 0 Å². The van der Waals surface area contributed by atoms with Crippen LogP contribution in [-0.2, 0) is 0 Å². The first-order valence-electron chi connectivity index (χ1n) is 12.6. The molecule has 5 rings (SSSR count). The number of para-hydroxylation sites is 2. The molecule has 41 heavy (non-hydrogen) atoms. The molecule has 11 heteroatoms. The highest BCUT2D eigenvalue weighted by atomic mass is 16.5. The molecule has 0 fully saturated rings. The maximum atomic E-state index is 11.0. The molecule has 0 aliphatic carbocycles. The van der Waals surface area contributed by atoms with Crippen molar-refractivity contribution in [1.29, 1.82) is 0 Å².